The summed E-state index contributed by atoms with van der Waals surface area (Å²) in [4.78, 5) is 15.4. The van der Waals surface area contributed by atoms with Crippen LogP contribution in [0.25, 0.3) is 11.5 Å². The van der Waals surface area contributed by atoms with Crippen molar-refractivity contribution in [2.45, 2.75) is 19.8 Å². The lowest BCUT2D eigenvalue weighted by Gasteiger charge is -2.02. The van der Waals surface area contributed by atoms with E-state index in [4.69, 9.17) is 9.78 Å². The van der Waals surface area contributed by atoms with Gasteiger partial charge in [0, 0.05) is 17.7 Å². The Hall–Kier alpha value is -2.68. The molecule has 0 fully saturated rings. The lowest BCUT2D eigenvalue weighted by Crippen LogP contribution is -2.09. The third-order valence-corrected chi connectivity index (χ3v) is 2.44. The number of carbonyl (C=O) groups is 1. The van der Waals surface area contributed by atoms with Gasteiger partial charge in [0.15, 0.2) is 5.82 Å². The number of rotatable bonds is 4. The molecule has 0 atom stereocenters. The van der Waals surface area contributed by atoms with Gasteiger partial charge in [-0.3, -0.25) is 4.79 Å². The van der Waals surface area contributed by atoms with Gasteiger partial charge < -0.3 is 9.84 Å². The van der Waals surface area contributed by atoms with Crippen LogP contribution in [0.1, 0.15) is 19.2 Å². The number of nitrogens with zero attached hydrogens (tertiary/aromatic N) is 3. The van der Waals surface area contributed by atoms with Crippen molar-refractivity contribution in [1.82, 2.24) is 10.1 Å². The van der Waals surface area contributed by atoms with E-state index in [1.807, 2.05) is 6.92 Å². The Morgan fingerprint density at radius 1 is 1.42 bits per heavy atom. The number of hydrogen-bond acceptors (Lipinski definition) is 5. The fourth-order valence-corrected chi connectivity index (χ4v) is 1.49. The molecule has 1 N–H and O–H groups in total. The van der Waals surface area contributed by atoms with Crippen LogP contribution in [-0.2, 0) is 11.2 Å². The number of benzene rings is 1. The molecule has 0 saturated heterocycles. The molecule has 6 nitrogen and oxygen atoms in total. The van der Waals surface area contributed by atoms with Crippen molar-refractivity contribution < 1.29 is 9.32 Å². The quantitative estimate of drug-likeness (QED) is 0.904. The third kappa shape index (κ3) is 3.16. The second kappa shape index (κ2) is 5.78. The third-order valence-electron chi connectivity index (χ3n) is 2.44. The van der Waals surface area contributed by atoms with Crippen LogP contribution in [0.2, 0.25) is 0 Å². The van der Waals surface area contributed by atoms with Gasteiger partial charge in [0.05, 0.1) is 6.07 Å². The molecule has 96 valence electrons. The van der Waals surface area contributed by atoms with Crippen LogP contribution < -0.4 is 5.32 Å². The SMILES string of the molecule is CCc1noc(-c2ccc(NC(=O)CC#N)cc2)n1. The maximum atomic E-state index is 11.2. The molecule has 1 heterocycles. The number of anilines is 1. The second-order valence-corrected chi connectivity index (χ2v) is 3.83. The molecule has 0 aliphatic heterocycles. The Kier molecular flexibility index (Phi) is 3.88. The predicted octanol–water partition coefficient (Wildman–Crippen LogP) is 2.15. The lowest BCUT2D eigenvalue weighted by molar-refractivity contribution is -0.115. The molecule has 2 rings (SSSR count). The van der Waals surface area contributed by atoms with E-state index in [1.165, 1.54) is 0 Å². The molecule has 0 saturated carbocycles. The number of aromatic nitrogens is 2. The van der Waals surface area contributed by atoms with Gasteiger partial charge in [-0.2, -0.15) is 10.2 Å². The Morgan fingerprint density at radius 2 is 2.16 bits per heavy atom. The molecule has 0 bridgehead atoms. The van der Waals surface area contributed by atoms with E-state index in [1.54, 1.807) is 30.3 Å². The van der Waals surface area contributed by atoms with Crippen molar-refractivity contribution in [3.63, 3.8) is 0 Å². The van der Waals surface area contributed by atoms with Gasteiger partial charge in [-0.15, -0.1) is 0 Å². The first-order valence-corrected chi connectivity index (χ1v) is 5.82. The standard InChI is InChI=1S/C13H12N4O2/c1-2-11-16-13(19-17-11)9-3-5-10(6-4-9)15-12(18)7-8-14/h3-6H,2,7H2,1H3,(H,15,18). The average molecular weight is 256 g/mol. The molecule has 0 aliphatic carbocycles. The summed E-state index contributed by atoms with van der Waals surface area (Å²) in [7, 11) is 0. The summed E-state index contributed by atoms with van der Waals surface area (Å²) in [5.74, 6) is 0.773. The summed E-state index contributed by atoms with van der Waals surface area (Å²) in [6.45, 7) is 1.95. The van der Waals surface area contributed by atoms with E-state index in [2.05, 4.69) is 15.5 Å². The normalized spacial score (nSPS) is 9.89. The molecule has 0 aliphatic rings. The minimum atomic E-state index is -0.332. The average Bonchev–Trinajstić information content (AvgIpc) is 2.88. The maximum Gasteiger partial charge on any atom is 0.257 e. The summed E-state index contributed by atoms with van der Waals surface area (Å²) in [5.41, 5.74) is 1.41. The van der Waals surface area contributed by atoms with Crippen molar-refractivity contribution in [2.75, 3.05) is 5.32 Å². The summed E-state index contributed by atoms with van der Waals surface area (Å²) in [6.07, 6.45) is 0.553. The van der Waals surface area contributed by atoms with Crippen molar-refractivity contribution in [1.29, 1.82) is 5.26 Å². The second-order valence-electron chi connectivity index (χ2n) is 3.83. The van der Waals surface area contributed by atoms with Gasteiger partial charge >= 0.3 is 0 Å². The monoisotopic (exact) mass is 256 g/mol. The van der Waals surface area contributed by atoms with Crippen LogP contribution in [0.4, 0.5) is 5.69 Å². The fourth-order valence-electron chi connectivity index (χ4n) is 1.49. The molecule has 1 aromatic heterocycles. The summed E-state index contributed by atoms with van der Waals surface area (Å²) in [5, 5.41) is 14.8. The van der Waals surface area contributed by atoms with Crippen LogP contribution in [0.5, 0.6) is 0 Å². The molecule has 0 radical (unpaired) electrons. The Morgan fingerprint density at radius 3 is 2.74 bits per heavy atom. The number of nitrogens with one attached hydrogen (secondary N) is 1. The number of amides is 1. The van der Waals surface area contributed by atoms with Gasteiger partial charge in [-0.05, 0) is 24.3 Å². The van der Waals surface area contributed by atoms with Crippen LogP contribution in [0.15, 0.2) is 28.8 Å². The van der Waals surface area contributed by atoms with Crippen molar-refractivity contribution in [2.24, 2.45) is 0 Å². The minimum absolute atomic E-state index is 0.161. The van der Waals surface area contributed by atoms with Crippen LogP contribution in [0, 0.1) is 11.3 Å². The summed E-state index contributed by atoms with van der Waals surface area (Å²) >= 11 is 0. The topological polar surface area (TPSA) is 91.8 Å². The van der Waals surface area contributed by atoms with Gasteiger partial charge in [0.25, 0.3) is 5.89 Å². The highest BCUT2D eigenvalue weighted by molar-refractivity contribution is 5.92. The number of aryl methyl sites for hydroxylation is 1. The number of nitriles is 1. The van der Waals surface area contributed by atoms with Crippen LogP contribution >= 0.6 is 0 Å². The van der Waals surface area contributed by atoms with Crippen LogP contribution in [-0.4, -0.2) is 16.0 Å². The lowest BCUT2D eigenvalue weighted by atomic mass is 10.2. The Labute approximate surface area is 110 Å². The fraction of sp³-hybridized carbons (Fsp3) is 0.231. The smallest absolute Gasteiger partial charge is 0.257 e. The molecular formula is C13H12N4O2. The molecule has 0 unspecified atom stereocenters. The van der Waals surface area contributed by atoms with Gasteiger partial charge in [-0.25, -0.2) is 0 Å². The van der Waals surface area contributed by atoms with E-state index in [-0.39, 0.29) is 12.3 Å². The van der Waals surface area contributed by atoms with Gasteiger partial charge in [0.2, 0.25) is 5.91 Å². The first kappa shape index (κ1) is 12.8. The maximum absolute atomic E-state index is 11.2. The van der Waals surface area contributed by atoms with E-state index < -0.39 is 0 Å². The summed E-state index contributed by atoms with van der Waals surface area (Å²) in [6, 6.07) is 8.78. The zero-order valence-electron chi connectivity index (χ0n) is 10.4. The molecule has 2 aromatic rings. The number of carbonyl (C=O) groups excluding carboxylic acids is 1. The largest absolute Gasteiger partial charge is 0.334 e. The highest BCUT2D eigenvalue weighted by Crippen LogP contribution is 2.19. The zero-order valence-corrected chi connectivity index (χ0v) is 10.4. The highest BCUT2D eigenvalue weighted by atomic mass is 16.5. The molecule has 1 aromatic carbocycles. The minimum Gasteiger partial charge on any atom is -0.334 e. The number of hydrogen-bond donors (Lipinski definition) is 1. The van der Waals surface area contributed by atoms with E-state index >= 15 is 0 Å². The van der Waals surface area contributed by atoms with Crippen molar-refractivity contribution >= 4 is 11.6 Å². The summed E-state index contributed by atoms with van der Waals surface area (Å²) < 4.78 is 5.11. The Bertz CT molecular complexity index is 610. The van der Waals surface area contributed by atoms with E-state index in [9.17, 15) is 4.79 Å². The molecule has 19 heavy (non-hydrogen) atoms. The molecular weight excluding hydrogens is 244 g/mol. The van der Waals surface area contributed by atoms with Gasteiger partial charge in [0.1, 0.15) is 6.42 Å². The van der Waals surface area contributed by atoms with Gasteiger partial charge in [-0.1, -0.05) is 12.1 Å². The Balaban J connectivity index is 2.10. The predicted molar refractivity (Wildman–Crippen MR) is 68.0 cm³/mol. The van der Waals surface area contributed by atoms with E-state index in [0.717, 1.165) is 5.56 Å². The first-order chi connectivity index (χ1) is 9.22. The van der Waals surface area contributed by atoms with Crippen molar-refractivity contribution in [3.8, 4) is 17.5 Å². The highest BCUT2D eigenvalue weighted by Gasteiger charge is 2.08. The van der Waals surface area contributed by atoms with Crippen molar-refractivity contribution in [3.05, 3.63) is 30.1 Å². The molecule has 6 heteroatoms. The zero-order chi connectivity index (χ0) is 13.7. The first-order valence-electron chi connectivity index (χ1n) is 5.82. The molecule has 1 amide bonds. The van der Waals surface area contributed by atoms with E-state index in [0.29, 0.717) is 23.8 Å². The van der Waals surface area contributed by atoms with Crippen LogP contribution in [0.3, 0.4) is 0 Å². The molecule has 0 spiro atoms.